The van der Waals surface area contributed by atoms with Crippen molar-refractivity contribution in [3.8, 4) is 23.0 Å². The lowest BCUT2D eigenvalue weighted by molar-refractivity contribution is 0.122. The molecule has 34 nitrogen and oxygen atoms in total. The Morgan fingerprint density at radius 3 is 1.19 bits per heavy atom. The molecule has 15 heterocycles. The largest absolute Gasteiger partial charge is 0.488 e. The molecule has 7 saturated heterocycles. The third-order valence-corrected chi connectivity index (χ3v) is 30.9. The number of piperazine rings is 1. The van der Waals surface area contributed by atoms with Gasteiger partial charge in [-0.1, -0.05) is 6.42 Å². The third kappa shape index (κ3) is 26.9. The van der Waals surface area contributed by atoms with Crippen molar-refractivity contribution in [2.75, 3.05) is 194 Å². The number of likely N-dealkylation sites (N-methyl/N-ethyl adjacent to an activating group) is 1. The van der Waals surface area contributed by atoms with Crippen LogP contribution >= 0.6 is 0 Å². The van der Waals surface area contributed by atoms with Crippen LogP contribution in [0.5, 0.6) is 23.0 Å². The Morgan fingerprint density at radius 2 is 0.750 bits per heavy atom. The first kappa shape index (κ1) is 99.6. The monoisotopic (exact) mass is 1960 g/mol. The van der Waals surface area contributed by atoms with Crippen molar-refractivity contribution >= 4 is 78.5 Å². The molecule has 11 aliphatic rings. The third-order valence-electron chi connectivity index (χ3n) is 30.9. The Balaban J connectivity index is 0.000000117. The number of hydrogen-bond acceptors (Lipinski definition) is 34. The molecule has 144 heavy (non-hydrogen) atoms. The van der Waals surface area contributed by atoms with Crippen molar-refractivity contribution in [2.24, 2.45) is 17.8 Å². The van der Waals surface area contributed by atoms with E-state index in [0.29, 0.717) is 23.8 Å². The van der Waals surface area contributed by atoms with Gasteiger partial charge in [0.25, 0.3) is 0 Å². The number of aryl methyl sites for hydroxylation is 1. The van der Waals surface area contributed by atoms with E-state index in [-0.39, 0.29) is 30.5 Å². The molecule has 4 aliphatic carbocycles. The molecule has 8 aromatic heterocycles. The van der Waals surface area contributed by atoms with Crippen molar-refractivity contribution in [1.82, 2.24) is 94.4 Å². The highest BCUT2D eigenvalue weighted by Gasteiger charge is 2.33. The van der Waals surface area contributed by atoms with E-state index in [1.807, 2.05) is 24.7 Å². The highest BCUT2D eigenvalue weighted by atomic mass is 16.5. The van der Waals surface area contributed by atoms with E-state index in [2.05, 4.69) is 185 Å². The van der Waals surface area contributed by atoms with Crippen molar-refractivity contribution in [3.05, 3.63) is 181 Å². The maximum atomic E-state index is 9.80. The Bertz CT molecular complexity index is 6090. The van der Waals surface area contributed by atoms with Crippen molar-refractivity contribution in [2.45, 2.75) is 218 Å². The number of hydrogen-bond donors (Lipinski definition) is 2. The Kier molecular flexibility index (Phi) is 34.2. The summed E-state index contributed by atoms with van der Waals surface area (Å²) < 4.78 is 48.5. The summed E-state index contributed by atoms with van der Waals surface area (Å²) in [6, 6.07) is 21.5. The molecule has 0 radical (unpaired) electrons. The number of anilines is 6. The fourth-order valence-electron chi connectivity index (χ4n) is 22.2. The first-order valence-electron chi connectivity index (χ1n) is 53.4. The molecular weight excluding hydrogens is 1820 g/mol. The van der Waals surface area contributed by atoms with Crippen LogP contribution in [0.2, 0.25) is 0 Å². The van der Waals surface area contributed by atoms with Gasteiger partial charge in [0.15, 0.2) is 0 Å². The van der Waals surface area contributed by atoms with Crippen LogP contribution in [0.3, 0.4) is 0 Å². The van der Waals surface area contributed by atoms with Crippen LogP contribution in [0.4, 0.5) is 34.4 Å². The Labute approximate surface area is 845 Å². The molecule has 0 amide bonds. The number of likely N-dealkylation sites (tertiary alicyclic amines) is 1. The average molecular weight is 1960 g/mol. The van der Waals surface area contributed by atoms with Gasteiger partial charge in [0.1, 0.15) is 81.0 Å². The molecule has 762 valence electrons. The number of aromatic nitrogens is 16. The normalized spacial score (nSPS) is 23.0. The summed E-state index contributed by atoms with van der Waals surface area (Å²) in [5.74, 6) is 9.03. The molecule has 4 aromatic carbocycles. The second kappa shape index (κ2) is 49.4. The van der Waals surface area contributed by atoms with E-state index < -0.39 is 0 Å². The number of nitrogens with one attached hydrogen (secondary N) is 1. The van der Waals surface area contributed by atoms with Crippen LogP contribution in [-0.2, 0) is 51.3 Å². The lowest BCUT2D eigenvalue weighted by Crippen LogP contribution is -2.43. The molecule has 0 bridgehead atoms. The van der Waals surface area contributed by atoms with E-state index in [9.17, 15) is 5.11 Å². The molecular formula is C110H143N25O9. The Morgan fingerprint density at radius 1 is 0.347 bits per heavy atom. The van der Waals surface area contributed by atoms with Crippen molar-refractivity contribution in [3.63, 3.8) is 0 Å². The average Bonchev–Trinajstić information content (AvgIpc) is 0.800. The predicted octanol–water partition coefficient (Wildman–Crippen LogP) is 14.7. The van der Waals surface area contributed by atoms with Gasteiger partial charge in [-0.2, -0.15) is 0 Å². The number of piperidine rings is 2. The summed E-state index contributed by atoms with van der Waals surface area (Å²) in [5, 5.41) is 13.5. The first-order valence-corrected chi connectivity index (χ1v) is 53.4. The first-order chi connectivity index (χ1) is 70.9. The maximum Gasteiger partial charge on any atom is 0.149 e. The molecule has 0 unspecified atom stereocenters. The van der Waals surface area contributed by atoms with Crippen LogP contribution in [0, 0.1) is 31.6 Å². The molecule has 2 N–H and O–H groups in total. The molecule has 7 aliphatic heterocycles. The summed E-state index contributed by atoms with van der Waals surface area (Å²) in [6.45, 7) is 27.5. The summed E-state index contributed by atoms with van der Waals surface area (Å²) in [4.78, 5) is 92.3. The summed E-state index contributed by atoms with van der Waals surface area (Å²) in [5.41, 5.74) is 17.2. The van der Waals surface area contributed by atoms with Gasteiger partial charge in [-0.15, -0.1) is 0 Å². The van der Waals surface area contributed by atoms with E-state index in [0.717, 1.165) is 430 Å². The van der Waals surface area contributed by atoms with Crippen LogP contribution < -0.4 is 48.8 Å². The maximum absolute atomic E-state index is 9.80. The summed E-state index contributed by atoms with van der Waals surface area (Å²) in [6.07, 6.45) is 49.4. The standard InChI is InChI=1S/C29H39N7O2.C28H37N7O2.C28H36N6O3.C25H31N5O2/c1-34-8-10-35(11-9-34)21-23-19-32-28(33-20-23)16-22-2-4-25(5-3-22)38-27-18-24(36-12-14-37-15-13-36)17-26-29(27)31-7-6-30-26;1-2-12-34(13-3-1)20-27-30-9-8-26(33-27)32-21-4-6-23(7-5-21)37-25-19-22(35-14-16-36-17-15-35)18-24-28(25)31-11-10-29-24;35-23-5-9-34(10-6-23)27-16-21(31-19-32-27)15-20-1-3-24(4-2-20)37-26-18-22(33-11-13-36-14-12-33)17-25-28(26)30-8-7-29-25;1-17-18(2)28-16-29-22(17)13-19-3-5-21(6-4-19)32-24-15-20(30-9-11-31-12-10-30)14-23-25(24)27-8-7-26-23/h6-7,17-20,22,25H,2-5,8-16,21H2,1H3;8-11,18-19,21,23H,1-7,12-17,20H2,(H,30,32,33);7-8,16-20,23-24,35H,1-6,9-15H2;7-8,14-16,19,21H,3-6,9-13H2,1-2H3. The highest BCUT2D eigenvalue weighted by molar-refractivity contribution is 5.88. The molecule has 0 spiro atoms. The minimum absolute atomic E-state index is 0.170. The smallest absolute Gasteiger partial charge is 0.149 e. The second-order valence-electron chi connectivity index (χ2n) is 40.9. The highest BCUT2D eigenvalue weighted by Crippen LogP contribution is 2.42. The quantitative estimate of drug-likeness (QED) is 0.0537. The SMILES string of the molecule is CN1CCN(Cc2cnc(CC3CCC(Oc4cc(N5CCOCC5)cc5nccnc45)CC3)nc2)CC1.Cc1ncnc(CC2CCC(Oc3cc(N4CCOCC4)cc4nccnc34)CC2)c1C.OC1CCN(c2cc(CC3CCC(Oc4cc(N5CCOCC5)cc5nccnc45)CC3)ncn2)CC1.c1cc(NC2CCC(Oc3cc(N4CCOCC4)cc4nccnc34)CC2)nc(CN2CCCCC2)n1. The minimum Gasteiger partial charge on any atom is -0.488 e. The fourth-order valence-corrected chi connectivity index (χ4v) is 22.2. The summed E-state index contributed by atoms with van der Waals surface area (Å²) >= 11 is 0. The van der Waals surface area contributed by atoms with Crippen molar-refractivity contribution in [1.29, 1.82) is 0 Å². The van der Waals surface area contributed by atoms with E-state index in [4.69, 9.17) is 52.8 Å². The Hall–Kier alpha value is -11.8. The number of aliphatic hydroxyl groups excluding tert-OH is 1. The van der Waals surface area contributed by atoms with Crippen LogP contribution in [0.1, 0.15) is 175 Å². The molecule has 23 rings (SSSR count). The van der Waals surface area contributed by atoms with Crippen molar-refractivity contribution < 1.29 is 43.0 Å². The summed E-state index contributed by atoms with van der Waals surface area (Å²) in [7, 11) is 2.19. The van der Waals surface area contributed by atoms with Crippen LogP contribution in [0.25, 0.3) is 44.1 Å². The number of nitrogens with zero attached hydrogens (tertiary/aromatic N) is 24. The van der Waals surface area contributed by atoms with Gasteiger partial charge in [-0.05, 0) is 229 Å². The van der Waals surface area contributed by atoms with Gasteiger partial charge < -0.3 is 77.7 Å². The van der Waals surface area contributed by atoms with Gasteiger partial charge in [0, 0.05) is 255 Å². The van der Waals surface area contributed by atoms with E-state index in [1.54, 1.807) is 62.2 Å². The number of morpholine rings is 4. The van der Waals surface area contributed by atoms with Gasteiger partial charge >= 0.3 is 0 Å². The zero-order valence-electron chi connectivity index (χ0n) is 84.3. The van der Waals surface area contributed by atoms with Gasteiger partial charge in [-0.25, -0.2) is 59.8 Å². The predicted molar refractivity (Wildman–Crippen MR) is 558 cm³/mol. The zero-order chi connectivity index (χ0) is 97.5. The lowest BCUT2D eigenvalue weighted by atomic mass is 9.84. The topological polar surface area (TPSA) is 338 Å². The van der Waals surface area contributed by atoms with E-state index >= 15 is 0 Å². The van der Waals surface area contributed by atoms with Crippen LogP contribution in [0.15, 0.2) is 141 Å². The lowest BCUT2D eigenvalue weighted by Gasteiger charge is -2.32. The van der Waals surface area contributed by atoms with Gasteiger partial charge in [-0.3, -0.25) is 29.7 Å². The molecule has 34 heteroatoms. The molecule has 11 fully saturated rings. The van der Waals surface area contributed by atoms with Gasteiger partial charge in [0.2, 0.25) is 0 Å². The second-order valence-corrected chi connectivity index (χ2v) is 40.9. The number of rotatable bonds is 25. The fraction of sp³-hybridized carbons (Fsp3) is 0.564. The molecule has 4 saturated carbocycles. The van der Waals surface area contributed by atoms with Gasteiger partial charge in [0.05, 0.1) is 112 Å². The molecule has 12 aromatic rings. The number of aliphatic hydroxyl groups is 1. The minimum atomic E-state index is -0.179. The van der Waals surface area contributed by atoms with Crippen LogP contribution in [-0.4, -0.2) is 301 Å². The number of fused-ring (bicyclic) bond motifs is 4. The zero-order valence-corrected chi connectivity index (χ0v) is 84.3. The number of benzene rings is 4. The van der Waals surface area contributed by atoms with E-state index in [1.165, 1.54) is 36.1 Å². The molecule has 0 atom stereocenters. The number of ether oxygens (including phenoxy) is 8.